The average Bonchev–Trinajstić information content (AvgIpc) is 2.92. The molecular weight excluding hydrogens is 324 g/mol. The van der Waals surface area contributed by atoms with Gasteiger partial charge in [-0.2, -0.15) is 5.26 Å². The van der Waals surface area contributed by atoms with Gasteiger partial charge in [-0.05, 0) is 24.3 Å². The molecule has 0 aliphatic rings. The first kappa shape index (κ1) is 16.0. The lowest BCUT2D eigenvalue weighted by Crippen LogP contribution is -2.24. The normalized spacial score (nSPS) is 11.9. The number of hydrogen-bond acceptors (Lipinski definition) is 3. The number of Topliss-reactive ketones (excluding diaryl/α,β-unsaturated/α-hetero) is 2. The van der Waals surface area contributed by atoms with Gasteiger partial charge in [-0.25, -0.2) is 0 Å². The van der Waals surface area contributed by atoms with Crippen LogP contribution in [-0.4, -0.2) is 16.1 Å². The predicted octanol–water partition coefficient (Wildman–Crippen LogP) is 4.04. The van der Waals surface area contributed by atoms with Crippen molar-refractivity contribution in [1.29, 1.82) is 5.26 Å². The van der Waals surface area contributed by atoms with Gasteiger partial charge in [-0.15, -0.1) is 0 Å². The highest BCUT2D eigenvalue weighted by Crippen LogP contribution is 2.23. The van der Waals surface area contributed by atoms with Crippen molar-refractivity contribution in [1.82, 2.24) is 4.57 Å². The molecule has 5 heteroatoms. The summed E-state index contributed by atoms with van der Waals surface area (Å²) in [4.78, 5) is 25.3. The number of para-hydroxylation sites is 1. The van der Waals surface area contributed by atoms with E-state index in [0.29, 0.717) is 10.7 Å². The van der Waals surface area contributed by atoms with Gasteiger partial charge in [0.25, 0.3) is 0 Å². The third kappa shape index (κ3) is 2.70. The first-order valence-electron chi connectivity index (χ1n) is 7.31. The smallest absolute Gasteiger partial charge is 0.204 e. The van der Waals surface area contributed by atoms with Crippen LogP contribution in [0.4, 0.5) is 0 Å². The topological polar surface area (TPSA) is 62.9 Å². The molecule has 3 rings (SSSR count). The van der Waals surface area contributed by atoms with Crippen LogP contribution in [0.1, 0.15) is 20.8 Å². The fourth-order valence-corrected chi connectivity index (χ4v) is 2.91. The fraction of sp³-hybridized carbons (Fsp3) is 0.105. The number of carbonyl (C=O) groups is 2. The number of nitriles is 1. The number of hydrogen-bond donors (Lipinski definition) is 0. The molecule has 0 unspecified atom stereocenters. The minimum atomic E-state index is -1.40. The molecule has 0 radical (unpaired) electrons. The molecule has 0 N–H and O–H groups in total. The Labute approximate surface area is 143 Å². The van der Waals surface area contributed by atoms with Crippen molar-refractivity contribution in [3.63, 3.8) is 0 Å². The summed E-state index contributed by atoms with van der Waals surface area (Å²) in [5, 5.41) is 10.7. The van der Waals surface area contributed by atoms with Crippen LogP contribution in [-0.2, 0) is 7.05 Å². The first-order chi connectivity index (χ1) is 11.5. The lowest BCUT2D eigenvalue weighted by atomic mass is 9.93. The van der Waals surface area contributed by atoms with E-state index in [9.17, 15) is 14.9 Å². The number of rotatable bonds is 4. The Hall–Kier alpha value is -2.90. The van der Waals surface area contributed by atoms with Crippen LogP contribution in [0.3, 0.4) is 0 Å². The predicted molar refractivity (Wildman–Crippen MR) is 92.1 cm³/mol. The Bertz CT molecular complexity index is 998. The van der Waals surface area contributed by atoms with Gasteiger partial charge in [0.05, 0.1) is 11.8 Å². The zero-order chi connectivity index (χ0) is 17.3. The summed E-state index contributed by atoms with van der Waals surface area (Å²) in [7, 11) is 1.74. The molecule has 0 bridgehead atoms. The molecule has 1 aromatic heterocycles. The lowest BCUT2D eigenvalue weighted by Gasteiger charge is -2.09. The minimum Gasteiger partial charge on any atom is -0.341 e. The Morgan fingerprint density at radius 1 is 1.08 bits per heavy atom. The number of halogens is 1. The molecule has 0 fully saturated rings. The summed E-state index contributed by atoms with van der Waals surface area (Å²) in [5.41, 5.74) is 1.45. The van der Waals surface area contributed by atoms with Crippen LogP contribution < -0.4 is 0 Å². The van der Waals surface area contributed by atoms with Gasteiger partial charge < -0.3 is 4.57 Å². The van der Waals surface area contributed by atoms with Crippen LogP contribution in [0, 0.1) is 17.2 Å². The third-order valence-corrected chi connectivity index (χ3v) is 4.20. The van der Waals surface area contributed by atoms with Crippen LogP contribution in [0.2, 0.25) is 5.02 Å². The largest absolute Gasteiger partial charge is 0.341 e. The minimum absolute atomic E-state index is 0.251. The van der Waals surface area contributed by atoms with Gasteiger partial charge in [0.15, 0.2) is 11.7 Å². The van der Waals surface area contributed by atoms with Crippen LogP contribution in [0.5, 0.6) is 0 Å². The molecule has 0 saturated heterocycles. The van der Waals surface area contributed by atoms with E-state index in [0.717, 1.165) is 10.9 Å². The standard InChI is InChI=1S/C19H13ClN2O2/c1-22-16-8-3-2-5-12(16)10-17(22)19(24)15(11-21)18(23)13-6-4-7-14(20)9-13/h2-10,15H,1H3/t15-/m1/s1. The summed E-state index contributed by atoms with van der Waals surface area (Å²) < 4.78 is 1.70. The number of benzene rings is 2. The van der Waals surface area contributed by atoms with Crippen molar-refractivity contribution in [2.24, 2.45) is 13.0 Å². The maximum absolute atomic E-state index is 12.8. The molecule has 118 valence electrons. The maximum Gasteiger partial charge on any atom is 0.204 e. The van der Waals surface area contributed by atoms with E-state index >= 15 is 0 Å². The highest BCUT2D eigenvalue weighted by atomic mass is 35.5. The van der Waals surface area contributed by atoms with E-state index in [1.54, 1.807) is 35.9 Å². The van der Waals surface area contributed by atoms with Crippen molar-refractivity contribution in [2.45, 2.75) is 0 Å². The van der Waals surface area contributed by atoms with Crippen molar-refractivity contribution in [3.05, 3.63) is 70.9 Å². The van der Waals surface area contributed by atoms with Crippen molar-refractivity contribution in [2.75, 3.05) is 0 Å². The molecule has 0 amide bonds. The van der Waals surface area contributed by atoms with Gasteiger partial charge in [-0.3, -0.25) is 9.59 Å². The molecular formula is C19H13ClN2O2. The highest BCUT2D eigenvalue weighted by Gasteiger charge is 2.30. The van der Waals surface area contributed by atoms with E-state index in [4.69, 9.17) is 11.6 Å². The number of ketones is 2. The summed E-state index contributed by atoms with van der Waals surface area (Å²) in [6, 6.07) is 17.3. The number of nitrogens with zero attached hydrogens (tertiary/aromatic N) is 2. The Kier molecular flexibility index (Phi) is 4.20. The molecule has 0 aliphatic carbocycles. The van der Waals surface area contributed by atoms with Crippen molar-refractivity contribution in [3.8, 4) is 6.07 Å². The fourth-order valence-electron chi connectivity index (χ4n) is 2.72. The van der Waals surface area contributed by atoms with Gasteiger partial charge in [0, 0.05) is 28.5 Å². The molecule has 3 aromatic rings. The molecule has 24 heavy (non-hydrogen) atoms. The van der Waals surface area contributed by atoms with Gasteiger partial charge in [-0.1, -0.05) is 41.9 Å². The van der Waals surface area contributed by atoms with Gasteiger partial charge in [0.1, 0.15) is 0 Å². The molecule has 4 nitrogen and oxygen atoms in total. The molecule has 1 atom stereocenters. The number of carbonyl (C=O) groups excluding carboxylic acids is 2. The van der Waals surface area contributed by atoms with E-state index in [2.05, 4.69) is 0 Å². The van der Waals surface area contributed by atoms with Crippen LogP contribution in [0.25, 0.3) is 10.9 Å². The Balaban J connectivity index is 2.01. The van der Waals surface area contributed by atoms with Crippen LogP contribution in [0.15, 0.2) is 54.6 Å². The second kappa shape index (κ2) is 6.31. The zero-order valence-corrected chi connectivity index (χ0v) is 13.6. The maximum atomic E-state index is 12.8. The summed E-state index contributed by atoms with van der Waals surface area (Å²) in [6.45, 7) is 0. The number of fused-ring (bicyclic) bond motifs is 1. The molecule has 1 heterocycles. The van der Waals surface area contributed by atoms with Gasteiger partial charge in [0.2, 0.25) is 5.78 Å². The third-order valence-electron chi connectivity index (χ3n) is 3.97. The van der Waals surface area contributed by atoms with E-state index < -0.39 is 17.5 Å². The van der Waals surface area contributed by atoms with E-state index in [-0.39, 0.29) is 5.56 Å². The van der Waals surface area contributed by atoms with Crippen molar-refractivity contribution >= 4 is 34.1 Å². The summed E-state index contributed by atoms with van der Waals surface area (Å²) in [6.07, 6.45) is 0. The Morgan fingerprint density at radius 3 is 2.50 bits per heavy atom. The second-order valence-corrected chi connectivity index (χ2v) is 5.88. The summed E-state index contributed by atoms with van der Waals surface area (Å²) in [5.74, 6) is -2.46. The number of aromatic nitrogens is 1. The van der Waals surface area contributed by atoms with E-state index in [1.165, 1.54) is 6.07 Å². The molecule has 2 aromatic carbocycles. The van der Waals surface area contributed by atoms with Crippen LogP contribution >= 0.6 is 11.6 Å². The molecule has 0 aliphatic heterocycles. The zero-order valence-electron chi connectivity index (χ0n) is 12.9. The van der Waals surface area contributed by atoms with Crippen molar-refractivity contribution < 1.29 is 9.59 Å². The first-order valence-corrected chi connectivity index (χ1v) is 7.69. The monoisotopic (exact) mass is 336 g/mol. The molecule has 0 saturated carbocycles. The SMILES string of the molecule is Cn1c(C(=O)[C@H](C#N)C(=O)c2cccc(Cl)c2)cc2ccccc21. The quantitative estimate of drug-likeness (QED) is 0.533. The lowest BCUT2D eigenvalue weighted by molar-refractivity contribution is 0.0841. The Morgan fingerprint density at radius 2 is 1.83 bits per heavy atom. The number of aryl methyl sites for hydroxylation is 1. The summed E-state index contributed by atoms with van der Waals surface area (Å²) >= 11 is 5.89. The average molecular weight is 337 g/mol. The van der Waals surface area contributed by atoms with Gasteiger partial charge >= 0.3 is 0 Å². The highest BCUT2D eigenvalue weighted by molar-refractivity contribution is 6.31. The second-order valence-electron chi connectivity index (χ2n) is 5.45. The van der Waals surface area contributed by atoms with E-state index in [1.807, 2.05) is 30.3 Å². The molecule has 0 spiro atoms.